The Morgan fingerprint density at radius 3 is 2.30 bits per heavy atom. The summed E-state index contributed by atoms with van der Waals surface area (Å²) in [6.07, 6.45) is 0. The van der Waals surface area contributed by atoms with Crippen LogP contribution < -0.4 is 14.2 Å². The minimum atomic E-state index is 0.196. The van der Waals surface area contributed by atoms with E-state index in [4.69, 9.17) is 18.9 Å². The van der Waals surface area contributed by atoms with Crippen molar-refractivity contribution in [3.63, 3.8) is 0 Å². The monoisotopic (exact) mass is 334 g/mol. The van der Waals surface area contributed by atoms with Crippen molar-refractivity contribution >= 4 is 11.8 Å². The minimum Gasteiger partial charge on any atom is -0.493 e. The van der Waals surface area contributed by atoms with Gasteiger partial charge < -0.3 is 18.9 Å². The molecule has 0 heterocycles. The van der Waals surface area contributed by atoms with Crippen LogP contribution in [0.3, 0.4) is 0 Å². The molecule has 2 aromatic carbocycles. The van der Waals surface area contributed by atoms with E-state index in [1.54, 1.807) is 33.1 Å². The number of rotatable bonds is 8. The maximum Gasteiger partial charge on any atom is 0.188 e. The van der Waals surface area contributed by atoms with Gasteiger partial charge in [0.2, 0.25) is 0 Å². The molecule has 23 heavy (non-hydrogen) atoms. The molecule has 0 aliphatic carbocycles. The normalized spacial score (nSPS) is 10.4. The summed E-state index contributed by atoms with van der Waals surface area (Å²) in [6.45, 7) is 2.22. The summed E-state index contributed by atoms with van der Waals surface area (Å²) in [4.78, 5) is 1.20. The second-order valence-electron chi connectivity index (χ2n) is 4.87. The zero-order valence-electron chi connectivity index (χ0n) is 13.9. The van der Waals surface area contributed by atoms with Gasteiger partial charge in [0.25, 0.3) is 0 Å². The average molecular weight is 334 g/mol. The van der Waals surface area contributed by atoms with Crippen molar-refractivity contribution in [2.45, 2.75) is 17.6 Å². The number of methoxy groups -OCH3 is 3. The van der Waals surface area contributed by atoms with Gasteiger partial charge in [-0.2, -0.15) is 0 Å². The summed E-state index contributed by atoms with van der Waals surface area (Å²) < 4.78 is 21.7. The van der Waals surface area contributed by atoms with Crippen molar-refractivity contribution in [2.75, 3.05) is 28.1 Å². The molecule has 0 atom stereocenters. The van der Waals surface area contributed by atoms with E-state index in [1.807, 2.05) is 31.2 Å². The van der Waals surface area contributed by atoms with Crippen LogP contribution in [0.4, 0.5) is 0 Å². The van der Waals surface area contributed by atoms with Crippen LogP contribution in [0.1, 0.15) is 11.1 Å². The summed E-state index contributed by atoms with van der Waals surface area (Å²) in [5.41, 5.74) is 2.09. The van der Waals surface area contributed by atoms with Crippen molar-refractivity contribution in [3.8, 4) is 17.2 Å². The Bertz CT molecular complexity index is 629. The highest BCUT2D eigenvalue weighted by molar-refractivity contribution is 7.98. The Labute approximate surface area is 141 Å². The Morgan fingerprint density at radius 1 is 0.957 bits per heavy atom. The van der Waals surface area contributed by atoms with E-state index < -0.39 is 0 Å². The molecule has 0 aromatic heterocycles. The van der Waals surface area contributed by atoms with Crippen LogP contribution in [0.5, 0.6) is 17.2 Å². The lowest BCUT2D eigenvalue weighted by molar-refractivity contribution is 0.0503. The first-order valence-corrected chi connectivity index (χ1v) is 8.23. The molecular weight excluding hydrogens is 312 g/mol. The molecule has 0 saturated carbocycles. The smallest absolute Gasteiger partial charge is 0.188 e. The maximum atomic E-state index is 5.65. The first kappa shape index (κ1) is 17.5. The highest BCUT2D eigenvalue weighted by Gasteiger charge is 2.18. The van der Waals surface area contributed by atoms with E-state index in [1.165, 1.54) is 4.90 Å². The summed E-state index contributed by atoms with van der Waals surface area (Å²) in [5, 5.41) is 0. The molecule has 0 aliphatic rings. The van der Waals surface area contributed by atoms with E-state index in [-0.39, 0.29) is 6.79 Å². The zero-order chi connectivity index (χ0) is 16.7. The Hall–Kier alpha value is -1.85. The fraction of sp³-hybridized carbons (Fsp3) is 0.333. The third kappa shape index (κ3) is 4.33. The first-order valence-electron chi connectivity index (χ1n) is 7.25. The van der Waals surface area contributed by atoms with Crippen molar-refractivity contribution in [1.29, 1.82) is 0 Å². The van der Waals surface area contributed by atoms with Crippen LogP contribution >= 0.6 is 11.8 Å². The molecule has 2 rings (SSSR count). The molecule has 2 aromatic rings. The Kier molecular flexibility index (Phi) is 6.62. The molecule has 0 aliphatic heterocycles. The van der Waals surface area contributed by atoms with Gasteiger partial charge in [-0.3, -0.25) is 0 Å². The van der Waals surface area contributed by atoms with Crippen LogP contribution in [0.2, 0.25) is 0 Å². The summed E-state index contributed by atoms with van der Waals surface area (Å²) in [5.74, 6) is 2.92. The predicted octanol–water partition coefficient (Wildman–Crippen LogP) is 4.29. The van der Waals surface area contributed by atoms with Crippen LogP contribution in [0.25, 0.3) is 0 Å². The quantitative estimate of drug-likeness (QED) is 0.532. The van der Waals surface area contributed by atoms with Crippen LogP contribution in [-0.2, 0) is 10.5 Å². The highest BCUT2D eigenvalue weighted by atomic mass is 32.2. The maximum absolute atomic E-state index is 5.65. The lowest BCUT2D eigenvalue weighted by Crippen LogP contribution is -2.04. The standard InChI is InChI=1S/C18H22O4S/c1-13-15(11-23-14-8-6-5-7-9-14)18(21-4)17(20-3)10-16(13)22-12-19-2/h5-10H,11-12H2,1-4H3. The van der Waals surface area contributed by atoms with Crippen molar-refractivity contribution in [1.82, 2.24) is 0 Å². The van der Waals surface area contributed by atoms with Gasteiger partial charge >= 0.3 is 0 Å². The van der Waals surface area contributed by atoms with Crippen LogP contribution in [0.15, 0.2) is 41.3 Å². The second kappa shape index (κ2) is 8.70. The fourth-order valence-electron chi connectivity index (χ4n) is 2.25. The number of hydrogen-bond acceptors (Lipinski definition) is 5. The SMILES string of the molecule is COCOc1cc(OC)c(OC)c(CSc2ccccc2)c1C. The molecule has 4 nitrogen and oxygen atoms in total. The van der Waals surface area contributed by atoms with E-state index in [0.717, 1.165) is 28.4 Å². The number of thioether (sulfide) groups is 1. The minimum absolute atomic E-state index is 0.196. The molecule has 0 fully saturated rings. The molecule has 5 heteroatoms. The molecule has 0 spiro atoms. The largest absolute Gasteiger partial charge is 0.493 e. The van der Waals surface area contributed by atoms with Crippen LogP contribution in [0, 0.1) is 6.92 Å². The van der Waals surface area contributed by atoms with Gasteiger partial charge in [0.1, 0.15) is 5.75 Å². The number of hydrogen-bond donors (Lipinski definition) is 0. The fourth-order valence-corrected chi connectivity index (χ4v) is 3.26. The lowest BCUT2D eigenvalue weighted by atomic mass is 10.1. The van der Waals surface area contributed by atoms with E-state index in [0.29, 0.717) is 5.75 Å². The van der Waals surface area contributed by atoms with E-state index in [2.05, 4.69) is 12.1 Å². The Morgan fingerprint density at radius 2 is 1.70 bits per heavy atom. The topological polar surface area (TPSA) is 36.9 Å². The van der Waals surface area contributed by atoms with E-state index in [9.17, 15) is 0 Å². The van der Waals surface area contributed by atoms with Crippen LogP contribution in [-0.4, -0.2) is 28.1 Å². The van der Waals surface area contributed by atoms with Gasteiger partial charge in [0.05, 0.1) is 14.2 Å². The molecule has 0 unspecified atom stereocenters. The number of benzene rings is 2. The van der Waals surface area contributed by atoms with Gasteiger partial charge in [0.15, 0.2) is 18.3 Å². The van der Waals surface area contributed by atoms with Crippen molar-refractivity contribution in [2.24, 2.45) is 0 Å². The molecule has 0 amide bonds. The first-order chi connectivity index (χ1) is 11.2. The summed E-state index contributed by atoms with van der Waals surface area (Å²) in [6, 6.07) is 12.1. The molecule has 0 saturated heterocycles. The van der Waals surface area contributed by atoms with Crippen molar-refractivity contribution in [3.05, 3.63) is 47.5 Å². The molecule has 0 radical (unpaired) electrons. The van der Waals surface area contributed by atoms with E-state index >= 15 is 0 Å². The zero-order valence-corrected chi connectivity index (χ0v) is 14.7. The van der Waals surface area contributed by atoms with Gasteiger partial charge in [0, 0.05) is 29.4 Å². The number of ether oxygens (including phenoxy) is 4. The third-order valence-electron chi connectivity index (χ3n) is 3.47. The van der Waals surface area contributed by atoms with Gasteiger partial charge in [-0.1, -0.05) is 18.2 Å². The lowest BCUT2D eigenvalue weighted by Gasteiger charge is -2.18. The van der Waals surface area contributed by atoms with Gasteiger partial charge in [-0.05, 0) is 24.6 Å². The molecule has 0 bridgehead atoms. The molecular formula is C18H22O4S. The summed E-state index contributed by atoms with van der Waals surface area (Å²) >= 11 is 1.75. The van der Waals surface area contributed by atoms with Crippen molar-refractivity contribution < 1.29 is 18.9 Å². The molecule has 0 N–H and O–H groups in total. The Balaban J connectivity index is 2.33. The second-order valence-corrected chi connectivity index (χ2v) is 5.92. The highest BCUT2D eigenvalue weighted by Crippen LogP contribution is 2.41. The average Bonchev–Trinajstić information content (AvgIpc) is 2.60. The predicted molar refractivity (Wildman–Crippen MR) is 92.8 cm³/mol. The molecule has 124 valence electrons. The summed E-state index contributed by atoms with van der Waals surface area (Å²) in [7, 11) is 4.88. The van der Waals surface area contributed by atoms with Gasteiger partial charge in [-0.15, -0.1) is 11.8 Å². The van der Waals surface area contributed by atoms with Gasteiger partial charge in [-0.25, -0.2) is 0 Å². The third-order valence-corrected chi connectivity index (χ3v) is 4.50.